The Bertz CT molecular complexity index is 297. The first-order valence-electron chi connectivity index (χ1n) is 5.53. The Morgan fingerprint density at radius 2 is 1.79 bits per heavy atom. The highest BCUT2D eigenvalue weighted by atomic mass is 16.7. The summed E-state index contributed by atoms with van der Waals surface area (Å²) in [5, 5.41) is 0. The summed E-state index contributed by atoms with van der Waals surface area (Å²) in [5.74, 6) is 0.423. The fraction of sp³-hybridized carbons (Fsp3) is 0.833. The molecule has 1 heterocycles. The molecule has 2 atom stereocenters. The van der Waals surface area contributed by atoms with E-state index >= 15 is 0 Å². The highest BCUT2D eigenvalue weighted by Crippen LogP contribution is 2.71. The van der Waals surface area contributed by atoms with Gasteiger partial charge in [0.15, 0.2) is 0 Å². The molecule has 0 aromatic rings. The predicted molar refractivity (Wildman–Crippen MR) is 53.3 cm³/mol. The van der Waals surface area contributed by atoms with E-state index in [1.54, 1.807) is 12.5 Å². The molecule has 2 saturated carbocycles. The normalized spacial score (nSPS) is 45.5. The largest absolute Gasteiger partial charge is 0.456 e. The molecule has 2 unspecified atom stereocenters. The SMILES string of the molecule is CC1(C)C2CCC1(C)C1(C2)OC=CO1. The monoisotopic (exact) mass is 194 g/mol. The van der Waals surface area contributed by atoms with Crippen LogP contribution < -0.4 is 0 Å². The summed E-state index contributed by atoms with van der Waals surface area (Å²) in [6.45, 7) is 7.06. The molecule has 2 heteroatoms. The maximum atomic E-state index is 5.77. The molecular formula is C12H18O2. The van der Waals surface area contributed by atoms with Gasteiger partial charge in [-0.15, -0.1) is 0 Å². The third kappa shape index (κ3) is 0.645. The highest BCUT2D eigenvalue weighted by Gasteiger charge is 2.72. The summed E-state index contributed by atoms with van der Waals surface area (Å²) in [5.41, 5.74) is 0.521. The molecule has 1 spiro atoms. The summed E-state index contributed by atoms with van der Waals surface area (Å²) in [4.78, 5) is 0. The minimum absolute atomic E-state index is 0.175. The molecule has 78 valence electrons. The van der Waals surface area contributed by atoms with Gasteiger partial charge in [-0.05, 0) is 24.2 Å². The van der Waals surface area contributed by atoms with Crippen LogP contribution in [0.4, 0.5) is 0 Å². The molecule has 2 nitrogen and oxygen atoms in total. The standard InChI is InChI=1S/C12H18O2/c1-10(2)9-4-5-11(10,3)12(8-9)13-6-7-14-12/h6-7,9H,4-5,8H2,1-3H3. The van der Waals surface area contributed by atoms with Gasteiger partial charge in [0, 0.05) is 11.8 Å². The molecule has 0 N–H and O–H groups in total. The lowest BCUT2D eigenvalue weighted by molar-refractivity contribution is -0.224. The van der Waals surface area contributed by atoms with E-state index in [-0.39, 0.29) is 11.2 Å². The molecule has 0 radical (unpaired) electrons. The first-order valence-corrected chi connectivity index (χ1v) is 5.53. The second-order valence-electron chi connectivity index (χ2n) is 5.75. The van der Waals surface area contributed by atoms with Crippen molar-refractivity contribution in [1.29, 1.82) is 0 Å². The van der Waals surface area contributed by atoms with E-state index in [1.807, 2.05) is 0 Å². The van der Waals surface area contributed by atoms with E-state index in [4.69, 9.17) is 9.47 Å². The molecule has 3 aliphatic rings. The van der Waals surface area contributed by atoms with Crippen LogP contribution in [-0.2, 0) is 9.47 Å². The third-order valence-corrected chi connectivity index (χ3v) is 5.36. The van der Waals surface area contributed by atoms with Gasteiger partial charge in [0.2, 0.25) is 0 Å². The van der Waals surface area contributed by atoms with Gasteiger partial charge in [-0.25, -0.2) is 0 Å². The average molecular weight is 194 g/mol. The van der Waals surface area contributed by atoms with Gasteiger partial charge in [0.1, 0.15) is 12.5 Å². The molecule has 3 rings (SSSR count). The van der Waals surface area contributed by atoms with Crippen LogP contribution in [0.5, 0.6) is 0 Å². The predicted octanol–water partition coefficient (Wildman–Crippen LogP) is 3.05. The van der Waals surface area contributed by atoms with Crippen molar-refractivity contribution in [3.63, 3.8) is 0 Å². The summed E-state index contributed by atoms with van der Waals surface area (Å²) in [6, 6.07) is 0. The zero-order chi connectivity index (χ0) is 10.0. The fourth-order valence-corrected chi connectivity index (χ4v) is 3.84. The Labute approximate surface area is 85.3 Å². The Hall–Kier alpha value is -0.660. The average Bonchev–Trinajstić information content (AvgIpc) is 2.70. The van der Waals surface area contributed by atoms with Crippen LogP contribution in [-0.4, -0.2) is 5.79 Å². The van der Waals surface area contributed by atoms with E-state index in [0.29, 0.717) is 5.41 Å². The van der Waals surface area contributed by atoms with E-state index in [0.717, 1.165) is 12.3 Å². The lowest BCUT2D eigenvalue weighted by Gasteiger charge is -2.43. The van der Waals surface area contributed by atoms with Crippen molar-refractivity contribution >= 4 is 0 Å². The van der Waals surface area contributed by atoms with E-state index in [9.17, 15) is 0 Å². The van der Waals surface area contributed by atoms with Crippen molar-refractivity contribution in [2.45, 2.75) is 45.8 Å². The number of rotatable bonds is 0. The zero-order valence-corrected chi connectivity index (χ0v) is 9.17. The molecule has 1 aliphatic heterocycles. The van der Waals surface area contributed by atoms with Crippen LogP contribution >= 0.6 is 0 Å². The summed E-state index contributed by atoms with van der Waals surface area (Å²) >= 11 is 0. The second-order valence-corrected chi connectivity index (χ2v) is 5.75. The van der Waals surface area contributed by atoms with E-state index in [1.165, 1.54) is 12.8 Å². The number of fused-ring (bicyclic) bond motifs is 3. The van der Waals surface area contributed by atoms with E-state index in [2.05, 4.69) is 20.8 Å². The molecule has 2 bridgehead atoms. The van der Waals surface area contributed by atoms with E-state index < -0.39 is 0 Å². The molecule has 2 fully saturated rings. The van der Waals surface area contributed by atoms with Crippen LogP contribution in [0.15, 0.2) is 12.5 Å². The van der Waals surface area contributed by atoms with Gasteiger partial charge in [-0.1, -0.05) is 20.8 Å². The minimum atomic E-state index is -0.334. The van der Waals surface area contributed by atoms with Crippen molar-refractivity contribution in [2.24, 2.45) is 16.7 Å². The lowest BCUT2D eigenvalue weighted by atomic mass is 9.68. The first kappa shape index (κ1) is 8.63. The Morgan fingerprint density at radius 3 is 2.21 bits per heavy atom. The molecule has 0 amide bonds. The Morgan fingerprint density at radius 1 is 1.14 bits per heavy atom. The van der Waals surface area contributed by atoms with Crippen molar-refractivity contribution in [3.8, 4) is 0 Å². The van der Waals surface area contributed by atoms with Gasteiger partial charge in [0.05, 0.1) is 0 Å². The summed E-state index contributed by atoms with van der Waals surface area (Å²) < 4.78 is 11.5. The Balaban J connectivity index is 2.07. The van der Waals surface area contributed by atoms with Crippen molar-refractivity contribution in [1.82, 2.24) is 0 Å². The summed E-state index contributed by atoms with van der Waals surface area (Å²) in [6.07, 6.45) is 7.04. The number of hydrogen-bond acceptors (Lipinski definition) is 2. The maximum Gasteiger partial charge on any atom is 0.255 e. The molecule has 0 saturated heterocycles. The summed E-state index contributed by atoms with van der Waals surface area (Å²) in [7, 11) is 0. The van der Waals surface area contributed by atoms with Crippen LogP contribution in [0.3, 0.4) is 0 Å². The molecule has 0 aromatic carbocycles. The molecular weight excluding hydrogens is 176 g/mol. The smallest absolute Gasteiger partial charge is 0.255 e. The fourth-order valence-electron chi connectivity index (χ4n) is 3.84. The zero-order valence-electron chi connectivity index (χ0n) is 9.17. The van der Waals surface area contributed by atoms with Gasteiger partial charge in [0.25, 0.3) is 5.79 Å². The third-order valence-electron chi connectivity index (χ3n) is 5.36. The van der Waals surface area contributed by atoms with Gasteiger partial charge in [-0.2, -0.15) is 0 Å². The van der Waals surface area contributed by atoms with Crippen molar-refractivity contribution in [3.05, 3.63) is 12.5 Å². The van der Waals surface area contributed by atoms with Crippen molar-refractivity contribution < 1.29 is 9.47 Å². The molecule has 14 heavy (non-hydrogen) atoms. The Kier molecular flexibility index (Phi) is 1.31. The second kappa shape index (κ2) is 2.12. The van der Waals surface area contributed by atoms with Gasteiger partial charge >= 0.3 is 0 Å². The van der Waals surface area contributed by atoms with Gasteiger partial charge in [-0.3, -0.25) is 0 Å². The first-order chi connectivity index (χ1) is 6.52. The van der Waals surface area contributed by atoms with Crippen LogP contribution in [0.2, 0.25) is 0 Å². The maximum absolute atomic E-state index is 5.77. The quantitative estimate of drug-likeness (QED) is 0.590. The van der Waals surface area contributed by atoms with Crippen LogP contribution in [0.25, 0.3) is 0 Å². The number of hydrogen-bond donors (Lipinski definition) is 0. The van der Waals surface area contributed by atoms with Gasteiger partial charge < -0.3 is 9.47 Å². The number of ether oxygens (including phenoxy) is 2. The minimum Gasteiger partial charge on any atom is -0.456 e. The van der Waals surface area contributed by atoms with Crippen LogP contribution in [0.1, 0.15) is 40.0 Å². The highest BCUT2D eigenvalue weighted by molar-refractivity contribution is 5.17. The topological polar surface area (TPSA) is 18.5 Å². The van der Waals surface area contributed by atoms with Crippen LogP contribution in [0, 0.1) is 16.7 Å². The molecule has 2 aliphatic carbocycles. The molecule has 0 aromatic heterocycles. The lowest BCUT2D eigenvalue weighted by Crippen LogP contribution is -2.47. The van der Waals surface area contributed by atoms with Crippen molar-refractivity contribution in [2.75, 3.05) is 0 Å².